The van der Waals surface area contributed by atoms with Crippen LogP contribution in [-0.4, -0.2) is 25.1 Å². The van der Waals surface area contributed by atoms with E-state index in [1.807, 2.05) is 12.1 Å². The van der Waals surface area contributed by atoms with Gasteiger partial charge in [-0.2, -0.15) is 0 Å². The maximum absolute atomic E-state index is 12.0. The predicted molar refractivity (Wildman–Crippen MR) is 81.2 cm³/mol. The van der Waals surface area contributed by atoms with Crippen molar-refractivity contribution < 1.29 is 13.5 Å². The summed E-state index contributed by atoms with van der Waals surface area (Å²) in [5.41, 5.74) is 0. The molecule has 0 aliphatic heterocycles. The number of aliphatic hydroxyl groups excluding tert-OH is 1. The minimum atomic E-state index is -3.55. The first kappa shape index (κ1) is 15.7. The zero-order chi connectivity index (χ0) is 15.1. The van der Waals surface area contributed by atoms with Gasteiger partial charge in [0, 0.05) is 30.2 Å². The highest BCUT2D eigenvalue weighted by Gasteiger charge is 2.13. The number of hydrogen-bond donors (Lipinski definition) is 2. The van der Waals surface area contributed by atoms with Crippen LogP contribution in [-0.2, 0) is 16.6 Å². The fourth-order valence-electron chi connectivity index (χ4n) is 1.50. The summed E-state index contributed by atoms with van der Waals surface area (Å²) in [5.74, 6) is 5.74. The smallest absolute Gasteiger partial charge is 0.242 e. The van der Waals surface area contributed by atoms with Crippen LogP contribution < -0.4 is 4.72 Å². The summed E-state index contributed by atoms with van der Waals surface area (Å²) < 4.78 is 26.6. The van der Waals surface area contributed by atoms with E-state index in [9.17, 15) is 8.42 Å². The van der Waals surface area contributed by atoms with Gasteiger partial charge in [-0.05, 0) is 24.3 Å². The second-order valence-electron chi connectivity index (χ2n) is 4.05. The van der Waals surface area contributed by atoms with Gasteiger partial charge < -0.3 is 5.11 Å². The first-order chi connectivity index (χ1) is 10.1. The van der Waals surface area contributed by atoms with Crippen molar-refractivity contribution in [3.63, 3.8) is 0 Å². The average molecular weight is 322 g/mol. The Morgan fingerprint density at radius 2 is 2.19 bits per heavy atom. The number of nitrogens with one attached hydrogen (secondary N) is 1. The molecule has 2 aromatic rings. The lowest BCUT2D eigenvalue weighted by Crippen LogP contribution is -2.22. The van der Waals surface area contributed by atoms with Gasteiger partial charge in [0.2, 0.25) is 10.0 Å². The molecule has 0 unspecified atom stereocenters. The molecule has 0 atom stereocenters. The average Bonchev–Trinajstić information content (AvgIpc) is 2.95. The van der Waals surface area contributed by atoms with Crippen molar-refractivity contribution in [2.45, 2.75) is 17.9 Å². The highest BCUT2D eigenvalue weighted by Crippen LogP contribution is 2.16. The van der Waals surface area contributed by atoms with E-state index in [0.29, 0.717) is 6.42 Å². The van der Waals surface area contributed by atoms with Crippen LogP contribution in [0.4, 0.5) is 0 Å². The molecular formula is C14H14N2O3S2. The first-order valence-electron chi connectivity index (χ1n) is 6.20. The molecule has 0 bridgehead atoms. The monoisotopic (exact) mass is 322 g/mol. The minimum Gasteiger partial charge on any atom is -0.395 e. The summed E-state index contributed by atoms with van der Waals surface area (Å²) >= 11 is 1.42. The van der Waals surface area contributed by atoms with Gasteiger partial charge in [0.15, 0.2) is 0 Å². The molecule has 7 heteroatoms. The van der Waals surface area contributed by atoms with E-state index in [1.54, 1.807) is 6.07 Å². The predicted octanol–water partition coefficient (Wildman–Crippen LogP) is 1.36. The maximum atomic E-state index is 12.0. The molecule has 0 fully saturated rings. The Labute approximate surface area is 127 Å². The van der Waals surface area contributed by atoms with Crippen molar-refractivity contribution in [2.75, 3.05) is 6.61 Å². The molecule has 2 rings (SSSR count). The lowest BCUT2D eigenvalue weighted by Gasteiger charge is -2.04. The summed E-state index contributed by atoms with van der Waals surface area (Å²) in [4.78, 5) is 5.66. The number of thiophene rings is 1. The van der Waals surface area contributed by atoms with Gasteiger partial charge in [-0.3, -0.25) is 4.98 Å². The third-order valence-electron chi connectivity index (χ3n) is 2.49. The van der Waals surface area contributed by atoms with Crippen molar-refractivity contribution in [3.8, 4) is 11.8 Å². The van der Waals surface area contributed by atoms with Crippen LogP contribution >= 0.6 is 11.3 Å². The van der Waals surface area contributed by atoms with Crippen molar-refractivity contribution in [2.24, 2.45) is 0 Å². The van der Waals surface area contributed by atoms with Gasteiger partial charge in [0.25, 0.3) is 0 Å². The minimum absolute atomic E-state index is 0.0378. The number of sulfonamides is 1. The summed E-state index contributed by atoms with van der Waals surface area (Å²) in [6, 6.07) is 6.74. The Kier molecular flexibility index (Phi) is 5.47. The summed E-state index contributed by atoms with van der Waals surface area (Å²) in [6.07, 6.45) is 3.26. The highest BCUT2D eigenvalue weighted by molar-refractivity contribution is 7.89. The van der Waals surface area contributed by atoms with Crippen molar-refractivity contribution in [1.29, 1.82) is 0 Å². The molecule has 0 aliphatic carbocycles. The molecular weight excluding hydrogens is 308 g/mol. The third-order valence-corrected chi connectivity index (χ3v) is 4.88. The molecule has 0 aliphatic rings. The molecule has 5 nitrogen and oxygen atoms in total. The molecule has 2 heterocycles. The lowest BCUT2D eigenvalue weighted by molar-refractivity contribution is 0.305. The maximum Gasteiger partial charge on any atom is 0.242 e. The molecule has 2 aromatic heterocycles. The Balaban J connectivity index is 1.99. The number of rotatable bonds is 5. The largest absolute Gasteiger partial charge is 0.395 e. The molecule has 0 saturated heterocycles. The van der Waals surface area contributed by atoms with E-state index in [2.05, 4.69) is 21.5 Å². The first-order valence-corrected chi connectivity index (χ1v) is 8.50. The Morgan fingerprint density at radius 1 is 1.33 bits per heavy atom. The fraction of sp³-hybridized carbons (Fsp3) is 0.214. The number of hydrogen-bond acceptors (Lipinski definition) is 5. The van der Waals surface area contributed by atoms with Crippen LogP contribution in [0.2, 0.25) is 0 Å². The van der Waals surface area contributed by atoms with Gasteiger partial charge in [0.05, 0.1) is 11.5 Å². The van der Waals surface area contributed by atoms with E-state index < -0.39 is 10.0 Å². The van der Waals surface area contributed by atoms with Gasteiger partial charge >= 0.3 is 0 Å². The zero-order valence-corrected chi connectivity index (χ0v) is 12.7. The Hall–Kier alpha value is -1.72. The van der Waals surface area contributed by atoms with Crippen molar-refractivity contribution in [1.82, 2.24) is 9.71 Å². The Morgan fingerprint density at radius 3 is 2.90 bits per heavy atom. The molecule has 110 valence electrons. The summed E-state index contributed by atoms with van der Waals surface area (Å²) in [7, 11) is -3.55. The summed E-state index contributed by atoms with van der Waals surface area (Å²) in [6.45, 7) is 0.250. The fourth-order valence-corrected chi connectivity index (χ4v) is 3.38. The number of pyridine rings is 1. The van der Waals surface area contributed by atoms with Crippen molar-refractivity contribution in [3.05, 3.63) is 46.4 Å². The van der Waals surface area contributed by atoms with E-state index >= 15 is 0 Å². The highest BCUT2D eigenvalue weighted by atomic mass is 32.2. The number of nitrogens with zero attached hydrogens (tertiary/aromatic N) is 1. The number of aliphatic hydroxyl groups is 1. The van der Waals surface area contributed by atoms with Crippen LogP contribution in [0.15, 0.2) is 41.6 Å². The SMILES string of the molecule is O=S(=O)(NCc1ccc(C#CCCO)s1)c1cccnc1. The topological polar surface area (TPSA) is 79.3 Å². The molecule has 0 spiro atoms. The molecule has 2 N–H and O–H groups in total. The van der Waals surface area contributed by atoms with Crippen molar-refractivity contribution >= 4 is 21.4 Å². The van der Waals surface area contributed by atoms with E-state index in [1.165, 1.54) is 29.8 Å². The van der Waals surface area contributed by atoms with E-state index in [4.69, 9.17) is 5.11 Å². The number of aromatic nitrogens is 1. The van der Waals surface area contributed by atoms with E-state index in [-0.39, 0.29) is 18.0 Å². The van der Waals surface area contributed by atoms with E-state index in [0.717, 1.165) is 9.75 Å². The van der Waals surface area contributed by atoms with Crippen LogP contribution in [0, 0.1) is 11.8 Å². The molecule has 0 amide bonds. The van der Waals surface area contributed by atoms with Crippen LogP contribution in [0.25, 0.3) is 0 Å². The third kappa shape index (κ3) is 4.65. The molecule has 21 heavy (non-hydrogen) atoms. The van der Waals surface area contributed by atoms with Gasteiger partial charge in [0.1, 0.15) is 4.90 Å². The zero-order valence-electron chi connectivity index (χ0n) is 11.1. The van der Waals surface area contributed by atoms with Gasteiger partial charge in [-0.25, -0.2) is 13.1 Å². The summed E-state index contributed by atoms with van der Waals surface area (Å²) in [5, 5.41) is 8.65. The second-order valence-corrected chi connectivity index (χ2v) is 6.99. The second kappa shape index (κ2) is 7.33. The van der Waals surface area contributed by atoms with Crippen LogP contribution in [0.1, 0.15) is 16.2 Å². The molecule has 0 saturated carbocycles. The molecule has 0 aromatic carbocycles. The lowest BCUT2D eigenvalue weighted by atomic mass is 10.4. The van der Waals surface area contributed by atoms with Gasteiger partial charge in [-0.1, -0.05) is 11.8 Å². The van der Waals surface area contributed by atoms with Crippen LogP contribution in [0.5, 0.6) is 0 Å². The standard InChI is InChI=1S/C14H14N2O3S2/c17-9-2-1-4-12-6-7-13(20-12)10-16-21(18,19)14-5-3-8-15-11-14/h3,5-8,11,16-17H,2,9-10H2. The van der Waals surface area contributed by atoms with Crippen LogP contribution in [0.3, 0.4) is 0 Å². The quantitative estimate of drug-likeness (QED) is 0.815. The Bertz CT molecular complexity index is 743. The van der Waals surface area contributed by atoms with Gasteiger partial charge in [-0.15, -0.1) is 11.3 Å². The molecule has 0 radical (unpaired) electrons. The normalized spacial score (nSPS) is 10.9.